The molecule has 0 saturated heterocycles. The monoisotopic (exact) mass is 353 g/mol. The lowest BCUT2D eigenvalue weighted by atomic mass is 10.2. The number of rotatable bonds is 12. The van der Waals surface area contributed by atoms with E-state index in [-0.39, 0.29) is 12.5 Å². The number of unbranched alkanes of at least 4 members (excludes halogenated alkanes) is 1. The first kappa shape index (κ1) is 20.8. The standard InChI is InChI=1S/C18H27NO6/c1-4-6-10-24-15-8-7-14(12-16(15)23-5-2)18(21)25-13-17(20)19-9-11-22-3/h7-8,12H,4-6,9-11,13H2,1-3H3,(H,19,20). The van der Waals surface area contributed by atoms with Gasteiger partial charge >= 0.3 is 5.97 Å². The van der Waals surface area contributed by atoms with Gasteiger partial charge in [-0.25, -0.2) is 4.79 Å². The fourth-order valence-electron chi connectivity index (χ4n) is 1.91. The van der Waals surface area contributed by atoms with Crippen LogP contribution in [0.4, 0.5) is 0 Å². The molecule has 7 heteroatoms. The van der Waals surface area contributed by atoms with Crippen molar-refractivity contribution in [1.82, 2.24) is 5.32 Å². The van der Waals surface area contributed by atoms with Crippen LogP contribution >= 0.6 is 0 Å². The lowest BCUT2D eigenvalue weighted by Gasteiger charge is -2.13. The first-order valence-corrected chi connectivity index (χ1v) is 8.44. The van der Waals surface area contributed by atoms with Crippen molar-refractivity contribution in [3.05, 3.63) is 23.8 Å². The molecule has 1 amide bonds. The second kappa shape index (κ2) is 12.1. The molecule has 7 nitrogen and oxygen atoms in total. The minimum atomic E-state index is -0.594. The maximum atomic E-state index is 12.1. The van der Waals surface area contributed by atoms with Gasteiger partial charge in [-0.05, 0) is 31.5 Å². The molecule has 0 bridgehead atoms. The first-order valence-electron chi connectivity index (χ1n) is 8.44. The Balaban J connectivity index is 2.62. The van der Waals surface area contributed by atoms with Crippen LogP contribution in [0.1, 0.15) is 37.0 Å². The van der Waals surface area contributed by atoms with Crippen molar-refractivity contribution in [2.75, 3.05) is 40.1 Å². The van der Waals surface area contributed by atoms with Crippen molar-refractivity contribution in [2.24, 2.45) is 0 Å². The van der Waals surface area contributed by atoms with E-state index in [0.29, 0.717) is 43.4 Å². The smallest absolute Gasteiger partial charge is 0.338 e. The summed E-state index contributed by atoms with van der Waals surface area (Å²) in [5, 5.41) is 2.57. The van der Waals surface area contributed by atoms with E-state index in [1.54, 1.807) is 18.2 Å². The number of hydrogen-bond acceptors (Lipinski definition) is 6. The van der Waals surface area contributed by atoms with E-state index in [9.17, 15) is 9.59 Å². The van der Waals surface area contributed by atoms with Crippen LogP contribution in [0.15, 0.2) is 18.2 Å². The van der Waals surface area contributed by atoms with Crippen LogP contribution in [-0.2, 0) is 14.3 Å². The Morgan fingerprint density at radius 3 is 2.56 bits per heavy atom. The lowest BCUT2D eigenvalue weighted by Crippen LogP contribution is -2.31. The zero-order chi connectivity index (χ0) is 18.5. The Bertz CT molecular complexity index is 546. The van der Waals surface area contributed by atoms with Crippen molar-refractivity contribution in [2.45, 2.75) is 26.7 Å². The molecule has 1 aromatic carbocycles. The third kappa shape index (κ3) is 7.89. The molecule has 1 rings (SSSR count). The molecule has 0 unspecified atom stereocenters. The Hall–Kier alpha value is -2.28. The second-order valence-electron chi connectivity index (χ2n) is 5.22. The van der Waals surface area contributed by atoms with Crippen LogP contribution in [0.2, 0.25) is 0 Å². The molecule has 0 atom stereocenters. The maximum absolute atomic E-state index is 12.1. The minimum absolute atomic E-state index is 0.302. The molecule has 0 aliphatic rings. The molecule has 0 spiro atoms. The summed E-state index contributed by atoms with van der Waals surface area (Å²) in [4.78, 5) is 23.6. The average molecular weight is 353 g/mol. The summed E-state index contributed by atoms with van der Waals surface area (Å²) in [5.74, 6) is 0.0969. The number of benzene rings is 1. The van der Waals surface area contributed by atoms with Crippen molar-refractivity contribution < 1.29 is 28.5 Å². The summed E-state index contributed by atoms with van der Waals surface area (Å²) >= 11 is 0. The Morgan fingerprint density at radius 2 is 1.88 bits per heavy atom. The second-order valence-corrected chi connectivity index (χ2v) is 5.22. The van der Waals surface area contributed by atoms with E-state index in [1.807, 2.05) is 6.92 Å². The average Bonchev–Trinajstić information content (AvgIpc) is 2.61. The highest BCUT2D eigenvalue weighted by Crippen LogP contribution is 2.29. The van der Waals surface area contributed by atoms with E-state index < -0.39 is 5.97 Å². The van der Waals surface area contributed by atoms with E-state index in [2.05, 4.69) is 12.2 Å². The SMILES string of the molecule is CCCCOc1ccc(C(=O)OCC(=O)NCCOC)cc1OCC. The van der Waals surface area contributed by atoms with Gasteiger partial charge in [0, 0.05) is 13.7 Å². The fraction of sp³-hybridized carbons (Fsp3) is 0.556. The highest BCUT2D eigenvalue weighted by atomic mass is 16.5. The number of amides is 1. The number of esters is 1. The summed E-state index contributed by atoms with van der Waals surface area (Å²) < 4.78 is 21.0. The molecule has 0 radical (unpaired) electrons. The van der Waals surface area contributed by atoms with Crippen LogP contribution in [0, 0.1) is 0 Å². The predicted molar refractivity (Wildman–Crippen MR) is 93.2 cm³/mol. The van der Waals surface area contributed by atoms with E-state index >= 15 is 0 Å². The molecule has 140 valence electrons. The number of nitrogens with one attached hydrogen (secondary N) is 1. The number of methoxy groups -OCH3 is 1. The Kier molecular flexibility index (Phi) is 10.1. The van der Waals surface area contributed by atoms with Gasteiger partial charge in [0.15, 0.2) is 18.1 Å². The summed E-state index contributed by atoms with van der Waals surface area (Å²) in [6, 6.07) is 4.83. The molecule has 0 aliphatic heterocycles. The maximum Gasteiger partial charge on any atom is 0.338 e. The summed E-state index contributed by atoms with van der Waals surface area (Å²) in [6.07, 6.45) is 1.97. The molecule has 0 heterocycles. The van der Waals surface area contributed by atoms with Gasteiger partial charge in [0.1, 0.15) is 0 Å². The van der Waals surface area contributed by atoms with E-state index in [1.165, 1.54) is 7.11 Å². The minimum Gasteiger partial charge on any atom is -0.490 e. The van der Waals surface area contributed by atoms with E-state index in [4.69, 9.17) is 18.9 Å². The Morgan fingerprint density at radius 1 is 1.08 bits per heavy atom. The van der Waals surface area contributed by atoms with Gasteiger partial charge in [-0.3, -0.25) is 4.79 Å². The third-order valence-electron chi connectivity index (χ3n) is 3.20. The number of hydrogen-bond donors (Lipinski definition) is 1. The zero-order valence-electron chi connectivity index (χ0n) is 15.1. The van der Waals surface area contributed by atoms with Gasteiger partial charge in [-0.2, -0.15) is 0 Å². The summed E-state index contributed by atoms with van der Waals surface area (Å²) in [6.45, 7) is 5.39. The van der Waals surface area contributed by atoms with Gasteiger partial charge in [0.25, 0.3) is 5.91 Å². The lowest BCUT2D eigenvalue weighted by molar-refractivity contribution is -0.124. The van der Waals surface area contributed by atoms with Crippen LogP contribution < -0.4 is 14.8 Å². The quantitative estimate of drug-likeness (QED) is 0.458. The summed E-state index contributed by atoms with van der Waals surface area (Å²) in [5.41, 5.74) is 0.302. The number of carbonyl (C=O) groups is 2. The van der Waals surface area contributed by atoms with Crippen LogP contribution in [0.3, 0.4) is 0 Å². The highest BCUT2D eigenvalue weighted by Gasteiger charge is 2.14. The summed E-state index contributed by atoms with van der Waals surface area (Å²) in [7, 11) is 1.54. The van der Waals surface area contributed by atoms with Gasteiger partial charge in [0.2, 0.25) is 0 Å². The molecule has 25 heavy (non-hydrogen) atoms. The van der Waals surface area contributed by atoms with E-state index in [0.717, 1.165) is 12.8 Å². The topological polar surface area (TPSA) is 83.1 Å². The normalized spacial score (nSPS) is 10.2. The van der Waals surface area contributed by atoms with Crippen LogP contribution in [0.5, 0.6) is 11.5 Å². The molecular weight excluding hydrogens is 326 g/mol. The fourth-order valence-corrected chi connectivity index (χ4v) is 1.91. The molecular formula is C18H27NO6. The zero-order valence-corrected chi connectivity index (χ0v) is 15.1. The molecule has 1 N–H and O–H groups in total. The van der Waals surface area contributed by atoms with Gasteiger partial charge in [-0.1, -0.05) is 13.3 Å². The first-order chi connectivity index (χ1) is 12.1. The third-order valence-corrected chi connectivity index (χ3v) is 3.20. The molecule has 0 fully saturated rings. The van der Waals surface area contributed by atoms with Gasteiger partial charge in [0.05, 0.1) is 25.4 Å². The molecule has 1 aromatic rings. The van der Waals surface area contributed by atoms with Crippen LogP contribution in [0.25, 0.3) is 0 Å². The van der Waals surface area contributed by atoms with Crippen molar-refractivity contribution >= 4 is 11.9 Å². The molecule has 0 saturated carbocycles. The number of ether oxygens (including phenoxy) is 4. The predicted octanol–water partition coefficient (Wildman–Crippen LogP) is 2.18. The highest BCUT2D eigenvalue weighted by molar-refractivity contribution is 5.92. The van der Waals surface area contributed by atoms with Gasteiger partial charge in [-0.15, -0.1) is 0 Å². The largest absolute Gasteiger partial charge is 0.490 e. The van der Waals surface area contributed by atoms with Crippen molar-refractivity contribution in [3.8, 4) is 11.5 Å². The molecule has 0 aromatic heterocycles. The van der Waals surface area contributed by atoms with Gasteiger partial charge < -0.3 is 24.3 Å². The van der Waals surface area contributed by atoms with Crippen molar-refractivity contribution in [3.63, 3.8) is 0 Å². The molecule has 0 aliphatic carbocycles. The Labute approximate surface area is 148 Å². The van der Waals surface area contributed by atoms with Crippen molar-refractivity contribution in [1.29, 1.82) is 0 Å². The number of carbonyl (C=O) groups excluding carboxylic acids is 2. The van der Waals surface area contributed by atoms with Crippen LogP contribution in [-0.4, -0.2) is 52.0 Å².